The Hall–Kier alpha value is -2.65. The van der Waals surface area contributed by atoms with E-state index in [0.717, 1.165) is 10.6 Å². The van der Waals surface area contributed by atoms with Crippen LogP contribution in [-0.2, 0) is 14.8 Å². The lowest BCUT2D eigenvalue weighted by Crippen LogP contribution is -2.45. The molecule has 0 radical (unpaired) electrons. The molecule has 10 heteroatoms. The molecule has 26 heavy (non-hydrogen) atoms. The summed E-state index contributed by atoms with van der Waals surface area (Å²) in [6.45, 7) is 1.41. The molecule has 1 amide bonds. The molecule has 0 bridgehead atoms. The van der Waals surface area contributed by atoms with Gasteiger partial charge in [-0.25, -0.2) is 8.42 Å². The van der Waals surface area contributed by atoms with Crippen LogP contribution in [-0.4, -0.2) is 31.5 Å². The van der Waals surface area contributed by atoms with Crippen molar-refractivity contribution in [2.45, 2.75) is 13.0 Å². The number of carbonyl (C=O) groups excluding carboxylic acids is 1. The summed E-state index contributed by atoms with van der Waals surface area (Å²) in [4.78, 5) is 22.8. The van der Waals surface area contributed by atoms with E-state index in [1.165, 1.54) is 43.3 Å². The molecule has 1 N–H and O–H groups in total. The SMILES string of the molecule is C[C@@H](C(=O)Nc1cccc([N+](=O)[O-])c1)N(c1cccc(Cl)c1)S(C)(=O)=O. The van der Waals surface area contributed by atoms with E-state index in [1.54, 1.807) is 12.1 Å². The minimum absolute atomic E-state index is 0.190. The van der Waals surface area contributed by atoms with Gasteiger partial charge < -0.3 is 5.32 Å². The Kier molecular flexibility index (Phi) is 5.83. The number of benzene rings is 2. The predicted molar refractivity (Wildman–Crippen MR) is 100.0 cm³/mol. The third-order valence-electron chi connectivity index (χ3n) is 3.48. The number of hydrogen-bond donors (Lipinski definition) is 1. The van der Waals surface area contributed by atoms with Gasteiger partial charge >= 0.3 is 0 Å². The molecule has 138 valence electrons. The fraction of sp³-hybridized carbons (Fsp3) is 0.188. The molecule has 0 heterocycles. The van der Waals surface area contributed by atoms with Gasteiger partial charge in [0.25, 0.3) is 5.69 Å². The molecule has 0 aliphatic rings. The standard InChI is InChI=1S/C16H16ClN3O5S/c1-11(16(21)18-13-6-4-8-15(10-13)20(22)23)19(26(2,24)25)14-7-3-5-12(17)9-14/h3-11H,1-2H3,(H,18,21)/t11-/m0/s1. The zero-order chi connectivity index (χ0) is 19.5. The van der Waals surface area contributed by atoms with Crippen molar-refractivity contribution < 1.29 is 18.1 Å². The first-order chi connectivity index (χ1) is 12.1. The van der Waals surface area contributed by atoms with Gasteiger partial charge in [0.15, 0.2) is 0 Å². The number of nitro benzene ring substituents is 1. The molecular formula is C16H16ClN3O5S. The summed E-state index contributed by atoms with van der Waals surface area (Å²) in [5.74, 6) is -0.643. The average molecular weight is 398 g/mol. The fourth-order valence-corrected chi connectivity index (χ4v) is 3.72. The number of sulfonamides is 1. The number of carbonyl (C=O) groups is 1. The summed E-state index contributed by atoms with van der Waals surface area (Å²) in [6, 6.07) is 10.4. The largest absolute Gasteiger partial charge is 0.324 e. The van der Waals surface area contributed by atoms with Crippen LogP contribution in [0.25, 0.3) is 0 Å². The van der Waals surface area contributed by atoms with Crippen LogP contribution in [0.3, 0.4) is 0 Å². The maximum atomic E-state index is 12.5. The fourth-order valence-electron chi connectivity index (χ4n) is 2.37. The highest BCUT2D eigenvalue weighted by Gasteiger charge is 2.29. The Morgan fingerprint density at radius 2 is 1.88 bits per heavy atom. The van der Waals surface area contributed by atoms with Crippen molar-refractivity contribution in [2.75, 3.05) is 15.9 Å². The van der Waals surface area contributed by atoms with Gasteiger partial charge in [-0.2, -0.15) is 0 Å². The Bertz CT molecular complexity index is 948. The van der Waals surface area contributed by atoms with Gasteiger partial charge in [-0.05, 0) is 31.2 Å². The van der Waals surface area contributed by atoms with Gasteiger partial charge in [-0.1, -0.05) is 23.7 Å². The monoisotopic (exact) mass is 397 g/mol. The van der Waals surface area contributed by atoms with Crippen LogP contribution in [0, 0.1) is 10.1 Å². The first-order valence-corrected chi connectivity index (χ1v) is 9.62. The number of non-ortho nitro benzene ring substituents is 1. The minimum atomic E-state index is -3.79. The highest BCUT2D eigenvalue weighted by molar-refractivity contribution is 7.92. The molecule has 0 aliphatic carbocycles. The third-order valence-corrected chi connectivity index (χ3v) is 4.95. The number of nitro groups is 1. The van der Waals surface area contributed by atoms with Crippen LogP contribution in [0.1, 0.15) is 6.92 Å². The molecule has 0 aromatic heterocycles. The number of nitrogens with one attached hydrogen (secondary N) is 1. The van der Waals surface area contributed by atoms with Crippen molar-refractivity contribution in [1.82, 2.24) is 0 Å². The van der Waals surface area contributed by atoms with Gasteiger partial charge in [0.1, 0.15) is 6.04 Å². The Balaban J connectivity index is 2.31. The van der Waals surface area contributed by atoms with E-state index in [0.29, 0.717) is 5.02 Å². The van der Waals surface area contributed by atoms with E-state index in [-0.39, 0.29) is 17.1 Å². The molecule has 0 unspecified atom stereocenters. The van der Waals surface area contributed by atoms with E-state index in [1.807, 2.05) is 0 Å². The van der Waals surface area contributed by atoms with Crippen LogP contribution in [0.2, 0.25) is 5.02 Å². The number of nitrogens with zero attached hydrogens (tertiary/aromatic N) is 2. The molecule has 0 spiro atoms. The van der Waals surface area contributed by atoms with Gasteiger partial charge in [-0.15, -0.1) is 0 Å². The number of amides is 1. The van der Waals surface area contributed by atoms with Crippen molar-refractivity contribution in [3.05, 3.63) is 63.7 Å². The summed E-state index contributed by atoms with van der Waals surface area (Å²) < 4.78 is 25.3. The van der Waals surface area contributed by atoms with Gasteiger partial charge in [0.2, 0.25) is 15.9 Å². The Labute approximate surface area is 155 Å². The molecule has 2 aromatic rings. The van der Waals surface area contributed by atoms with E-state index < -0.39 is 26.9 Å². The maximum Gasteiger partial charge on any atom is 0.271 e. The average Bonchev–Trinajstić information content (AvgIpc) is 2.53. The normalized spacial score (nSPS) is 12.3. The van der Waals surface area contributed by atoms with Crippen molar-refractivity contribution in [3.8, 4) is 0 Å². The van der Waals surface area contributed by atoms with E-state index in [2.05, 4.69) is 5.32 Å². The van der Waals surface area contributed by atoms with Crippen LogP contribution in [0.15, 0.2) is 48.5 Å². The molecule has 2 rings (SSSR count). The van der Waals surface area contributed by atoms with Crippen LogP contribution >= 0.6 is 11.6 Å². The summed E-state index contributed by atoms with van der Waals surface area (Å²) in [6.07, 6.45) is 0.977. The second kappa shape index (κ2) is 7.71. The van der Waals surface area contributed by atoms with E-state index >= 15 is 0 Å². The second-order valence-electron chi connectivity index (χ2n) is 5.51. The van der Waals surface area contributed by atoms with Crippen molar-refractivity contribution in [1.29, 1.82) is 0 Å². The number of halogens is 1. The second-order valence-corrected chi connectivity index (χ2v) is 7.81. The minimum Gasteiger partial charge on any atom is -0.324 e. The molecule has 0 saturated heterocycles. The van der Waals surface area contributed by atoms with Crippen molar-refractivity contribution >= 4 is 44.6 Å². The topological polar surface area (TPSA) is 110 Å². The quantitative estimate of drug-likeness (QED) is 0.595. The van der Waals surface area contributed by atoms with Crippen molar-refractivity contribution in [2.24, 2.45) is 0 Å². The molecule has 0 saturated carbocycles. The highest BCUT2D eigenvalue weighted by Crippen LogP contribution is 2.25. The Morgan fingerprint density at radius 3 is 2.46 bits per heavy atom. The zero-order valence-electron chi connectivity index (χ0n) is 13.9. The molecule has 0 aliphatic heterocycles. The summed E-state index contributed by atoms with van der Waals surface area (Å²) >= 11 is 5.91. The lowest BCUT2D eigenvalue weighted by atomic mass is 10.2. The summed E-state index contributed by atoms with van der Waals surface area (Å²) in [5, 5.41) is 13.6. The van der Waals surface area contributed by atoms with Gasteiger partial charge in [-0.3, -0.25) is 19.2 Å². The number of rotatable bonds is 6. The Morgan fingerprint density at radius 1 is 1.23 bits per heavy atom. The third kappa shape index (κ3) is 4.70. The molecule has 1 atom stereocenters. The molecular weight excluding hydrogens is 382 g/mol. The first-order valence-electron chi connectivity index (χ1n) is 7.40. The van der Waals surface area contributed by atoms with E-state index in [9.17, 15) is 23.3 Å². The van der Waals surface area contributed by atoms with Crippen LogP contribution in [0.4, 0.5) is 17.1 Å². The number of anilines is 2. The number of hydrogen-bond acceptors (Lipinski definition) is 5. The van der Waals surface area contributed by atoms with Gasteiger partial charge in [0, 0.05) is 22.8 Å². The van der Waals surface area contributed by atoms with Gasteiger partial charge in [0.05, 0.1) is 16.9 Å². The highest BCUT2D eigenvalue weighted by atomic mass is 35.5. The predicted octanol–water partition coefficient (Wildman–Crippen LogP) is 3.04. The maximum absolute atomic E-state index is 12.5. The van der Waals surface area contributed by atoms with Crippen molar-refractivity contribution in [3.63, 3.8) is 0 Å². The molecule has 2 aromatic carbocycles. The summed E-state index contributed by atoms with van der Waals surface area (Å²) in [7, 11) is -3.79. The molecule has 8 nitrogen and oxygen atoms in total. The van der Waals surface area contributed by atoms with E-state index in [4.69, 9.17) is 11.6 Å². The van der Waals surface area contributed by atoms with Crippen LogP contribution in [0.5, 0.6) is 0 Å². The lowest BCUT2D eigenvalue weighted by molar-refractivity contribution is -0.384. The zero-order valence-corrected chi connectivity index (χ0v) is 15.5. The van der Waals surface area contributed by atoms with Crippen LogP contribution < -0.4 is 9.62 Å². The first kappa shape index (κ1) is 19.7. The smallest absolute Gasteiger partial charge is 0.271 e. The lowest BCUT2D eigenvalue weighted by Gasteiger charge is -2.28. The summed E-state index contributed by atoms with van der Waals surface area (Å²) in [5.41, 5.74) is 0.238. The molecule has 0 fully saturated rings.